The molecule has 2 saturated carbocycles. The van der Waals surface area contributed by atoms with Crippen LogP contribution < -0.4 is 5.32 Å². The van der Waals surface area contributed by atoms with Gasteiger partial charge in [0.25, 0.3) is 0 Å². The molecule has 1 unspecified atom stereocenters. The highest BCUT2D eigenvalue weighted by Crippen LogP contribution is 2.46. The Morgan fingerprint density at radius 3 is 2.68 bits per heavy atom. The van der Waals surface area contributed by atoms with Crippen molar-refractivity contribution in [1.82, 2.24) is 5.32 Å². The third-order valence-corrected chi connectivity index (χ3v) is 5.00. The topological polar surface area (TPSA) is 55.4 Å². The summed E-state index contributed by atoms with van der Waals surface area (Å²) in [5.41, 5.74) is -0.842. The molecule has 2 aliphatic carbocycles. The number of hydrogen-bond donors (Lipinski definition) is 1. The molecule has 4 nitrogen and oxygen atoms in total. The Morgan fingerprint density at radius 2 is 2.14 bits per heavy atom. The average Bonchev–Trinajstić information content (AvgIpc) is 2.97. The molecule has 22 heavy (non-hydrogen) atoms. The van der Waals surface area contributed by atoms with Crippen molar-refractivity contribution in [3.63, 3.8) is 0 Å². The summed E-state index contributed by atoms with van der Waals surface area (Å²) in [6.45, 7) is 10.3. The van der Waals surface area contributed by atoms with Crippen LogP contribution in [-0.2, 0) is 14.3 Å². The maximum absolute atomic E-state index is 12.5. The number of carbonyl (C=O) groups excluding carboxylic acids is 2. The molecule has 1 N–H and O–H groups in total. The Bertz CT molecular complexity index is 446. The van der Waals surface area contributed by atoms with Crippen LogP contribution in [0.5, 0.6) is 0 Å². The highest BCUT2D eigenvalue weighted by Gasteiger charge is 2.61. The fourth-order valence-electron chi connectivity index (χ4n) is 3.78. The van der Waals surface area contributed by atoms with Crippen LogP contribution in [0.1, 0.15) is 52.9 Å². The summed E-state index contributed by atoms with van der Waals surface area (Å²) >= 11 is 0. The second-order valence-corrected chi connectivity index (χ2v) is 7.23. The highest BCUT2D eigenvalue weighted by molar-refractivity contribution is 5.92. The van der Waals surface area contributed by atoms with E-state index in [4.69, 9.17) is 4.74 Å². The monoisotopic (exact) mass is 307 g/mol. The standard InChI is InChI=1S/C18H29NO3/c1-5-15-11-18(15,17(21)22-6-2)19-16(20)14-8-7-13(10-14)9-12(3)4/h5,12-15H,1,6-11H2,2-4H3,(H,19,20)/t13-,14+,15?,18-/m1/s1. The van der Waals surface area contributed by atoms with Crippen molar-refractivity contribution >= 4 is 11.9 Å². The molecule has 0 bridgehead atoms. The zero-order chi connectivity index (χ0) is 16.3. The average molecular weight is 307 g/mol. The van der Waals surface area contributed by atoms with Crippen LogP contribution in [0, 0.1) is 23.7 Å². The lowest BCUT2D eigenvalue weighted by atomic mass is 9.94. The number of hydrogen-bond acceptors (Lipinski definition) is 3. The van der Waals surface area contributed by atoms with E-state index < -0.39 is 5.54 Å². The minimum Gasteiger partial charge on any atom is -0.464 e. The number of esters is 1. The summed E-state index contributed by atoms with van der Waals surface area (Å²) in [7, 11) is 0. The molecule has 0 heterocycles. The van der Waals surface area contributed by atoms with Crippen molar-refractivity contribution in [2.24, 2.45) is 23.7 Å². The first kappa shape index (κ1) is 17.0. The van der Waals surface area contributed by atoms with Gasteiger partial charge in [-0.15, -0.1) is 6.58 Å². The molecule has 0 saturated heterocycles. The normalized spacial score (nSPS) is 33.5. The van der Waals surface area contributed by atoms with E-state index in [0.717, 1.165) is 19.3 Å². The van der Waals surface area contributed by atoms with Crippen molar-refractivity contribution in [2.75, 3.05) is 6.61 Å². The van der Waals surface area contributed by atoms with Crippen molar-refractivity contribution in [2.45, 2.75) is 58.4 Å². The fraction of sp³-hybridized carbons (Fsp3) is 0.778. The molecule has 2 aliphatic rings. The third-order valence-electron chi connectivity index (χ3n) is 5.00. The number of rotatable bonds is 7. The minimum atomic E-state index is -0.842. The number of carbonyl (C=O) groups is 2. The Balaban J connectivity index is 1.93. The summed E-state index contributed by atoms with van der Waals surface area (Å²) in [5.74, 6) is 1.06. The van der Waals surface area contributed by atoms with E-state index in [1.54, 1.807) is 13.0 Å². The Labute approximate surface area is 133 Å². The molecule has 2 fully saturated rings. The van der Waals surface area contributed by atoms with Crippen molar-refractivity contribution in [1.29, 1.82) is 0 Å². The maximum atomic E-state index is 12.5. The van der Waals surface area contributed by atoms with Crippen molar-refractivity contribution in [3.05, 3.63) is 12.7 Å². The Kier molecular flexibility index (Phi) is 5.30. The lowest BCUT2D eigenvalue weighted by molar-refractivity contribution is -0.149. The van der Waals surface area contributed by atoms with Gasteiger partial charge in [0.15, 0.2) is 0 Å². The Morgan fingerprint density at radius 1 is 1.41 bits per heavy atom. The molecule has 0 spiro atoms. The molecule has 124 valence electrons. The van der Waals surface area contributed by atoms with Crippen LogP contribution in [0.3, 0.4) is 0 Å². The first-order valence-corrected chi connectivity index (χ1v) is 8.54. The van der Waals surface area contributed by atoms with E-state index >= 15 is 0 Å². The first-order valence-electron chi connectivity index (χ1n) is 8.54. The fourth-order valence-corrected chi connectivity index (χ4v) is 3.78. The van der Waals surface area contributed by atoms with Gasteiger partial charge in [0.1, 0.15) is 5.54 Å². The largest absolute Gasteiger partial charge is 0.464 e. The van der Waals surface area contributed by atoms with Gasteiger partial charge in [-0.1, -0.05) is 19.9 Å². The van der Waals surface area contributed by atoms with Crippen LogP contribution in [0.15, 0.2) is 12.7 Å². The van der Waals surface area contributed by atoms with Gasteiger partial charge in [0.05, 0.1) is 6.61 Å². The van der Waals surface area contributed by atoms with Crippen LogP contribution in [0.4, 0.5) is 0 Å². The number of ether oxygens (including phenoxy) is 1. The van der Waals surface area contributed by atoms with E-state index in [9.17, 15) is 9.59 Å². The quantitative estimate of drug-likeness (QED) is 0.581. The van der Waals surface area contributed by atoms with Gasteiger partial charge in [-0.3, -0.25) is 4.79 Å². The van der Waals surface area contributed by atoms with E-state index in [1.807, 2.05) is 0 Å². The number of amides is 1. The molecule has 4 atom stereocenters. The lowest BCUT2D eigenvalue weighted by Gasteiger charge is -2.20. The molecule has 0 radical (unpaired) electrons. The third kappa shape index (κ3) is 3.53. The van der Waals surface area contributed by atoms with Gasteiger partial charge in [0, 0.05) is 11.8 Å². The summed E-state index contributed by atoms with van der Waals surface area (Å²) in [4.78, 5) is 24.7. The predicted octanol–water partition coefficient (Wildman–Crippen LogP) is 3.07. The molecular weight excluding hydrogens is 278 g/mol. The minimum absolute atomic E-state index is 0.00311. The highest BCUT2D eigenvalue weighted by atomic mass is 16.5. The van der Waals surface area contributed by atoms with E-state index in [2.05, 4.69) is 25.7 Å². The van der Waals surface area contributed by atoms with E-state index in [-0.39, 0.29) is 23.7 Å². The zero-order valence-electron chi connectivity index (χ0n) is 14.1. The van der Waals surface area contributed by atoms with Crippen LogP contribution in [0.25, 0.3) is 0 Å². The zero-order valence-corrected chi connectivity index (χ0v) is 14.1. The van der Waals surface area contributed by atoms with Crippen LogP contribution in [0.2, 0.25) is 0 Å². The van der Waals surface area contributed by atoms with Crippen molar-refractivity contribution < 1.29 is 14.3 Å². The van der Waals surface area contributed by atoms with Gasteiger partial charge in [0.2, 0.25) is 5.91 Å². The smallest absolute Gasteiger partial charge is 0.332 e. The Hall–Kier alpha value is -1.32. The second kappa shape index (κ2) is 6.84. The molecule has 0 aromatic heterocycles. The molecule has 0 aromatic carbocycles. The summed E-state index contributed by atoms with van der Waals surface area (Å²) in [6.07, 6.45) is 6.54. The molecule has 1 amide bonds. The molecule has 0 aliphatic heterocycles. The molecular formula is C18H29NO3. The van der Waals surface area contributed by atoms with Crippen LogP contribution >= 0.6 is 0 Å². The maximum Gasteiger partial charge on any atom is 0.332 e. The van der Waals surface area contributed by atoms with Gasteiger partial charge in [-0.05, 0) is 50.9 Å². The number of nitrogens with one attached hydrogen (secondary N) is 1. The van der Waals surface area contributed by atoms with Gasteiger partial charge in [-0.2, -0.15) is 0 Å². The second-order valence-electron chi connectivity index (χ2n) is 7.23. The summed E-state index contributed by atoms with van der Waals surface area (Å²) < 4.78 is 5.14. The van der Waals surface area contributed by atoms with Crippen molar-refractivity contribution in [3.8, 4) is 0 Å². The first-order chi connectivity index (χ1) is 10.4. The van der Waals surface area contributed by atoms with Gasteiger partial charge < -0.3 is 10.1 Å². The lowest BCUT2D eigenvalue weighted by Crippen LogP contribution is -2.47. The molecule has 0 aromatic rings. The SMILES string of the molecule is C=CC1C[C@]1(NC(=O)[C@H]1CC[C@H](CC(C)C)C1)C(=O)OCC. The van der Waals surface area contributed by atoms with Gasteiger partial charge >= 0.3 is 5.97 Å². The molecule has 4 heteroatoms. The van der Waals surface area contributed by atoms with Gasteiger partial charge in [-0.25, -0.2) is 4.79 Å². The van der Waals surface area contributed by atoms with Crippen LogP contribution in [-0.4, -0.2) is 24.0 Å². The molecule has 2 rings (SSSR count). The van der Waals surface area contributed by atoms with E-state index in [1.165, 1.54) is 6.42 Å². The summed E-state index contributed by atoms with van der Waals surface area (Å²) in [6, 6.07) is 0. The predicted molar refractivity (Wildman–Crippen MR) is 86.1 cm³/mol. The van der Waals surface area contributed by atoms with E-state index in [0.29, 0.717) is 24.9 Å². The summed E-state index contributed by atoms with van der Waals surface area (Å²) in [5, 5.41) is 2.98.